The summed E-state index contributed by atoms with van der Waals surface area (Å²) in [7, 11) is 0. The van der Waals surface area contributed by atoms with Crippen LogP contribution in [0, 0.1) is 17.7 Å². The van der Waals surface area contributed by atoms with Gasteiger partial charge in [-0.15, -0.1) is 0 Å². The van der Waals surface area contributed by atoms with Gasteiger partial charge >= 0.3 is 0 Å². The van der Waals surface area contributed by atoms with Crippen LogP contribution in [0.5, 0.6) is 5.88 Å². The Bertz CT molecular complexity index is 864. The molecule has 3 rings (SSSR count). The van der Waals surface area contributed by atoms with Gasteiger partial charge in [0.2, 0.25) is 11.7 Å². The lowest BCUT2D eigenvalue weighted by molar-refractivity contribution is 0.295. The molecule has 0 bridgehead atoms. The van der Waals surface area contributed by atoms with E-state index in [2.05, 4.69) is 26.9 Å². The standard InChI is InChI=1S/C18H15FN4O/c1-2-12-24-18-14(4-9-17-20-10-3-11-21-17)13-22-23(18)16-7-5-15(19)6-8-16/h3,5-8,10-11,13H,2,12H2,1H3. The summed E-state index contributed by atoms with van der Waals surface area (Å²) in [6, 6.07) is 7.76. The Balaban J connectivity index is 1.98. The second-order valence-corrected chi connectivity index (χ2v) is 4.92. The monoisotopic (exact) mass is 322 g/mol. The zero-order valence-corrected chi connectivity index (χ0v) is 13.1. The molecule has 0 aliphatic heterocycles. The number of aromatic nitrogens is 4. The van der Waals surface area contributed by atoms with E-state index in [1.165, 1.54) is 12.1 Å². The van der Waals surface area contributed by atoms with Crippen LogP contribution < -0.4 is 4.74 Å². The van der Waals surface area contributed by atoms with E-state index in [4.69, 9.17) is 4.74 Å². The van der Waals surface area contributed by atoms with Crippen molar-refractivity contribution in [2.75, 3.05) is 6.61 Å². The zero-order chi connectivity index (χ0) is 16.8. The van der Waals surface area contributed by atoms with Crippen LogP contribution in [-0.4, -0.2) is 26.4 Å². The molecule has 24 heavy (non-hydrogen) atoms. The molecule has 0 aliphatic carbocycles. The number of nitrogens with zero attached hydrogens (tertiary/aromatic N) is 4. The second-order valence-electron chi connectivity index (χ2n) is 4.92. The molecule has 0 atom stereocenters. The van der Waals surface area contributed by atoms with Gasteiger partial charge in [-0.25, -0.2) is 14.4 Å². The minimum atomic E-state index is -0.303. The molecule has 2 heterocycles. The molecule has 0 amide bonds. The number of hydrogen-bond acceptors (Lipinski definition) is 4. The summed E-state index contributed by atoms with van der Waals surface area (Å²) in [6.07, 6.45) is 5.73. The minimum absolute atomic E-state index is 0.303. The number of benzene rings is 1. The van der Waals surface area contributed by atoms with Crippen molar-refractivity contribution in [3.63, 3.8) is 0 Å². The molecule has 2 aromatic heterocycles. The van der Waals surface area contributed by atoms with Crippen LogP contribution in [0.4, 0.5) is 4.39 Å². The molecular weight excluding hydrogens is 307 g/mol. The van der Waals surface area contributed by atoms with E-state index in [-0.39, 0.29) is 5.82 Å². The third-order valence-corrected chi connectivity index (χ3v) is 3.11. The summed E-state index contributed by atoms with van der Waals surface area (Å²) in [5.74, 6) is 6.51. The molecule has 0 fully saturated rings. The van der Waals surface area contributed by atoms with Crippen molar-refractivity contribution in [2.24, 2.45) is 0 Å². The third kappa shape index (κ3) is 3.58. The smallest absolute Gasteiger partial charge is 0.232 e. The zero-order valence-electron chi connectivity index (χ0n) is 13.1. The molecule has 0 saturated heterocycles. The first-order chi connectivity index (χ1) is 11.8. The van der Waals surface area contributed by atoms with Crippen LogP contribution in [0.1, 0.15) is 24.7 Å². The van der Waals surface area contributed by atoms with Crippen LogP contribution in [0.3, 0.4) is 0 Å². The predicted octanol–water partition coefficient (Wildman–Crippen LogP) is 2.99. The molecule has 120 valence electrons. The van der Waals surface area contributed by atoms with Gasteiger partial charge in [-0.3, -0.25) is 0 Å². The van der Waals surface area contributed by atoms with E-state index in [9.17, 15) is 4.39 Å². The number of ether oxygens (including phenoxy) is 1. The summed E-state index contributed by atoms with van der Waals surface area (Å²) < 4.78 is 20.5. The summed E-state index contributed by atoms with van der Waals surface area (Å²) in [5, 5.41) is 4.31. The van der Waals surface area contributed by atoms with E-state index in [0.717, 1.165) is 6.42 Å². The largest absolute Gasteiger partial charge is 0.477 e. The maximum absolute atomic E-state index is 13.1. The molecule has 6 heteroatoms. The topological polar surface area (TPSA) is 52.8 Å². The van der Waals surface area contributed by atoms with Gasteiger partial charge in [0, 0.05) is 12.4 Å². The summed E-state index contributed by atoms with van der Waals surface area (Å²) in [6.45, 7) is 2.55. The van der Waals surface area contributed by atoms with Crippen molar-refractivity contribution in [2.45, 2.75) is 13.3 Å². The molecule has 0 saturated carbocycles. The van der Waals surface area contributed by atoms with Gasteiger partial charge in [0.05, 0.1) is 18.5 Å². The first kappa shape index (κ1) is 15.7. The van der Waals surface area contributed by atoms with Gasteiger partial charge < -0.3 is 4.74 Å². The fourth-order valence-electron chi connectivity index (χ4n) is 2.01. The van der Waals surface area contributed by atoms with Gasteiger partial charge in [-0.05, 0) is 42.7 Å². The van der Waals surface area contributed by atoms with Crippen LogP contribution in [-0.2, 0) is 0 Å². The van der Waals surface area contributed by atoms with Crippen LogP contribution >= 0.6 is 0 Å². The number of rotatable bonds is 4. The van der Waals surface area contributed by atoms with E-state index in [0.29, 0.717) is 29.6 Å². The van der Waals surface area contributed by atoms with E-state index >= 15 is 0 Å². The molecule has 0 N–H and O–H groups in total. The lowest BCUT2D eigenvalue weighted by Gasteiger charge is -2.09. The molecule has 0 unspecified atom stereocenters. The molecule has 3 aromatic rings. The van der Waals surface area contributed by atoms with Crippen LogP contribution in [0.2, 0.25) is 0 Å². The predicted molar refractivity (Wildman–Crippen MR) is 87.3 cm³/mol. The van der Waals surface area contributed by atoms with Crippen molar-refractivity contribution in [3.8, 4) is 23.4 Å². The van der Waals surface area contributed by atoms with Gasteiger partial charge in [0.1, 0.15) is 11.4 Å². The minimum Gasteiger partial charge on any atom is -0.477 e. The Kier molecular flexibility index (Phi) is 4.82. The first-order valence-electron chi connectivity index (χ1n) is 7.53. The summed E-state index contributed by atoms with van der Waals surface area (Å²) in [5.41, 5.74) is 1.33. The van der Waals surface area contributed by atoms with Crippen molar-refractivity contribution in [3.05, 3.63) is 66.1 Å². The Morgan fingerprint density at radius 2 is 1.88 bits per heavy atom. The molecule has 0 aliphatic rings. The highest BCUT2D eigenvalue weighted by atomic mass is 19.1. The third-order valence-electron chi connectivity index (χ3n) is 3.11. The second kappa shape index (κ2) is 7.38. The van der Waals surface area contributed by atoms with Crippen molar-refractivity contribution >= 4 is 0 Å². The van der Waals surface area contributed by atoms with Gasteiger partial charge in [0.25, 0.3) is 0 Å². The molecule has 0 spiro atoms. The highest BCUT2D eigenvalue weighted by molar-refractivity contribution is 5.47. The van der Waals surface area contributed by atoms with E-state index in [1.807, 2.05) is 6.92 Å². The number of hydrogen-bond donors (Lipinski definition) is 0. The van der Waals surface area contributed by atoms with Gasteiger partial charge in [-0.2, -0.15) is 9.78 Å². The molecule has 0 radical (unpaired) electrons. The van der Waals surface area contributed by atoms with Crippen LogP contribution in [0.25, 0.3) is 5.69 Å². The average molecular weight is 322 g/mol. The maximum Gasteiger partial charge on any atom is 0.232 e. The van der Waals surface area contributed by atoms with E-state index in [1.54, 1.807) is 41.5 Å². The number of halogens is 1. The maximum atomic E-state index is 13.1. The lowest BCUT2D eigenvalue weighted by Crippen LogP contribution is -2.04. The Hall–Kier alpha value is -3.20. The normalized spacial score (nSPS) is 10.1. The van der Waals surface area contributed by atoms with Crippen molar-refractivity contribution < 1.29 is 9.13 Å². The van der Waals surface area contributed by atoms with Gasteiger partial charge in [0.15, 0.2) is 0 Å². The summed E-state index contributed by atoms with van der Waals surface area (Å²) in [4.78, 5) is 8.13. The Labute approximate surface area is 139 Å². The molecular formula is C18H15FN4O. The average Bonchev–Trinajstić information content (AvgIpc) is 3.02. The van der Waals surface area contributed by atoms with Gasteiger partial charge in [-0.1, -0.05) is 12.8 Å². The summed E-state index contributed by atoms with van der Waals surface area (Å²) >= 11 is 0. The highest BCUT2D eigenvalue weighted by Gasteiger charge is 2.12. The molecule has 5 nitrogen and oxygen atoms in total. The Morgan fingerprint density at radius 1 is 1.12 bits per heavy atom. The van der Waals surface area contributed by atoms with Crippen molar-refractivity contribution in [1.29, 1.82) is 0 Å². The van der Waals surface area contributed by atoms with Crippen LogP contribution in [0.15, 0.2) is 48.9 Å². The lowest BCUT2D eigenvalue weighted by atomic mass is 10.3. The molecule has 1 aromatic carbocycles. The fraction of sp³-hybridized carbons (Fsp3) is 0.167. The first-order valence-corrected chi connectivity index (χ1v) is 7.53. The Morgan fingerprint density at radius 3 is 2.58 bits per heavy atom. The van der Waals surface area contributed by atoms with E-state index < -0.39 is 0 Å². The SMILES string of the molecule is CCCOc1c(C#Cc2ncccn2)cnn1-c1ccc(F)cc1. The quantitative estimate of drug-likeness (QED) is 0.693. The fourth-order valence-corrected chi connectivity index (χ4v) is 2.01. The highest BCUT2D eigenvalue weighted by Crippen LogP contribution is 2.22. The van der Waals surface area contributed by atoms with Crippen molar-refractivity contribution in [1.82, 2.24) is 19.7 Å².